The van der Waals surface area contributed by atoms with Crippen LogP contribution in [0.1, 0.15) is 63.1 Å². The molecule has 0 atom stereocenters. The normalized spacial score (nSPS) is 18.9. The maximum absolute atomic E-state index is 13.3. The van der Waals surface area contributed by atoms with Gasteiger partial charge in [-0.2, -0.15) is 5.26 Å². The molecule has 166 valence electrons. The summed E-state index contributed by atoms with van der Waals surface area (Å²) in [4.78, 5) is 30.5. The minimum Gasteiger partial charge on any atom is -0.357 e. The maximum Gasteiger partial charge on any atom is 0.270 e. The zero-order valence-electron chi connectivity index (χ0n) is 18.7. The number of likely N-dealkylation sites (N-methyl/N-ethyl adjacent to an activating group) is 1. The number of carbonyl (C=O) groups excluding carboxylic acids is 1. The molecule has 2 aliphatic rings. The van der Waals surface area contributed by atoms with E-state index >= 15 is 0 Å². The SMILES string of the molecule is CCCCn1c(N2CCC(C)CC2)c(/C=C2\SC(=S)N(CC)C2=O)c(C)c(C#N)c1=O. The van der Waals surface area contributed by atoms with Gasteiger partial charge < -0.3 is 4.90 Å². The van der Waals surface area contributed by atoms with Crippen LogP contribution in [0.5, 0.6) is 0 Å². The Labute approximate surface area is 193 Å². The van der Waals surface area contributed by atoms with E-state index in [2.05, 4.69) is 24.8 Å². The molecule has 0 unspecified atom stereocenters. The van der Waals surface area contributed by atoms with Crippen molar-refractivity contribution < 1.29 is 4.79 Å². The van der Waals surface area contributed by atoms with E-state index in [9.17, 15) is 14.9 Å². The summed E-state index contributed by atoms with van der Waals surface area (Å²) in [5.74, 6) is 1.37. The summed E-state index contributed by atoms with van der Waals surface area (Å²) in [7, 11) is 0. The van der Waals surface area contributed by atoms with Gasteiger partial charge in [-0.1, -0.05) is 44.2 Å². The summed E-state index contributed by atoms with van der Waals surface area (Å²) in [6, 6.07) is 2.11. The van der Waals surface area contributed by atoms with Crippen molar-refractivity contribution in [3.8, 4) is 6.07 Å². The van der Waals surface area contributed by atoms with Gasteiger partial charge in [0.15, 0.2) is 0 Å². The van der Waals surface area contributed by atoms with E-state index in [0.29, 0.717) is 33.8 Å². The number of rotatable bonds is 6. The molecule has 0 aromatic carbocycles. The van der Waals surface area contributed by atoms with E-state index < -0.39 is 0 Å². The monoisotopic (exact) mass is 458 g/mol. The number of unbranched alkanes of at least 4 members (excludes halogenated alkanes) is 1. The summed E-state index contributed by atoms with van der Waals surface area (Å²) in [6.07, 6.45) is 5.75. The lowest BCUT2D eigenvalue weighted by Gasteiger charge is -2.35. The second-order valence-electron chi connectivity index (χ2n) is 8.25. The molecular weight excluding hydrogens is 428 g/mol. The van der Waals surface area contributed by atoms with Gasteiger partial charge in [0.25, 0.3) is 11.5 Å². The van der Waals surface area contributed by atoms with Crippen LogP contribution in [0.4, 0.5) is 5.82 Å². The van der Waals surface area contributed by atoms with E-state index in [1.807, 2.05) is 19.9 Å². The average Bonchev–Trinajstić information content (AvgIpc) is 3.02. The molecule has 31 heavy (non-hydrogen) atoms. The Kier molecular flexibility index (Phi) is 7.60. The summed E-state index contributed by atoms with van der Waals surface area (Å²) >= 11 is 6.66. The molecule has 2 fully saturated rings. The lowest BCUT2D eigenvalue weighted by Crippen LogP contribution is -2.39. The third-order valence-corrected chi connectivity index (χ3v) is 7.51. The van der Waals surface area contributed by atoms with Crippen molar-refractivity contribution in [3.63, 3.8) is 0 Å². The summed E-state index contributed by atoms with van der Waals surface area (Å²) in [5.41, 5.74) is 1.34. The van der Waals surface area contributed by atoms with E-state index in [-0.39, 0.29) is 17.0 Å². The number of thiocarbonyl (C=S) groups is 1. The second kappa shape index (κ2) is 10.0. The highest BCUT2D eigenvalue weighted by atomic mass is 32.2. The highest BCUT2D eigenvalue weighted by Crippen LogP contribution is 2.36. The molecule has 0 N–H and O–H groups in total. The van der Waals surface area contributed by atoms with Crippen LogP contribution in [0.15, 0.2) is 9.70 Å². The first-order chi connectivity index (χ1) is 14.8. The number of thioether (sulfide) groups is 1. The number of hydrogen-bond acceptors (Lipinski definition) is 6. The van der Waals surface area contributed by atoms with Crippen molar-refractivity contribution in [2.75, 3.05) is 24.5 Å². The Hall–Kier alpha value is -2.11. The van der Waals surface area contributed by atoms with Gasteiger partial charge in [0.1, 0.15) is 21.8 Å². The molecule has 0 bridgehead atoms. The van der Waals surface area contributed by atoms with Gasteiger partial charge in [-0.05, 0) is 50.7 Å². The second-order valence-corrected chi connectivity index (χ2v) is 9.93. The van der Waals surface area contributed by atoms with Crippen molar-refractivity contribution in [2.24, 2.45) is 5.92 Å². The number of anilines is 1. The highest BCUT2D eigenvalue weighted by Gasteiger charge is 2.32. The third-order valence-electron chi connectivity index (χ3n) is 6.13. The van der Waals surface area contributed by atoms with Crippen molar-refractivity contribution in [3.05, 3.63) is 31.9 Å². The predicted octanol–water partition coefficient (Wildman–Crippen LogP) is 4.29. The van der Waals surface area contributed by atoms with Crippen molar-refractivity contribution >= 4 is 46.1 Å². The minimum atomic E-state index is -0.236. The Morgan fingerprint density at radius 3 is 2.48 bits per heavy atom. The highest BCUT2D eigenvalue weighted by molar-refractivity contribution is 8.26. The molecule has 3 heterocycles. The van der Waals surface area contributed by atoms with Crippen LogP contribution in [-0.4, -0.2) is 39.3 Å². The molecule has 0 spiro atoms. The maximum atomic E-state index is 13.3. The number of hydrogen-bond donors (Lipinski definition) is 0. The Balaban J connectivity index is 2.24. The Bertz CT molecular complexity index is 1010. The molecule has 1 amide bonds. The zero-order valence-corrected chi connectivity index (χ0v) is 20.4. The summed E-state index contributed by atoms with van der Waals surface area (Å²) in [5, 5.41) is 9.75. The van der Waals surface area contributed by atoms with Gasteiger partial charge in [0, 0.05) is 31.7 Å². The Morgan fingerprint density at radius 2 is 1.94 bits per heavy atom. The lowest BCUT2D eigenvalue weighted by molar-refractivity contribution is -0.121. The van der Waals surface area contributed by atoms with Crippen molar-refractivity contribution in [1.29, 1.82) is 5.26 Å². The van der Waals surface area contributed by atoms with Gasteiger partial charge in [0.2, 0.25) is 0 Å². The molecule has 2 saturated heterocycles. The smallest absolute Gasteiger partial charge is 0.270 e. The largest absolute Gasteiger partial charge is 0.357 e. The lowest BCUT2D eigenvalue weighted by atomic mass is 9.97. The number of aromatic nitrogens is 1. The van der Waals surface area contributed by atoms with E-state index in [1.165, 1.54) is 11.8 Å². The molecule has 1 aromatic rings. The van der Waals surface area contributed by atoms with Crippen LogP contribution < -0.4 is 10.5 Å². The molecule has 0 radical (unpaired) electrons. The van der Waals surface area contributed by atoms with Gasteiger partial charge in [-0.25, -0.2) is 0 Å². The van der Waals surface area contributed by atoms with Crippen LogP contribution in [0.3, 0.4) is 0 Å². The van der Waals surface area contributed by atoms with Crippen LogP contribution in [0, 0.1) is 24.2 Å². The average molecular weight is 459 g/mol. The van der Waals surface area contributed by atoms with Gasteiger partial charge in [0.05, 0.1) is 4.91 Å². The summed E-state index contributed by atoms with van der Waals surface area (Å²) < 4.78 is 2.31. The van der Waals surface area contributed by atoms with E-state index in [0.717, 1.165) is 50.2 Å². The van der Waals surface area contributed by atoms with Crippen LogP contribution in [0.25, 0.3) is 6.08 Å². The predicted molar refractivity (Wildman–Crippen MR) is 131 cm³/mol. The first-order valence-electron chi connectivity index (χ1n) is 11.0. The number of pyridine rings is 1. The van der Waals surface area contributed by atoms with E-state index in [4.69, 9.17) is 12.2 Å². The number of nitrogens with zero attached hydrogens (tertiary/aromatic N) is 4. The van der Waals surface area contributed by atoms with Crippen LogP contribution in [0.2, 0.25) is 0 Å². The topological polar surface area (TPSA) is 69.3 Å². The molecule has 2 aliphatic heterocycles. The third kappa shape index (κ3) is 4.58. The van der Waals surface area contributed by atoms with Gasteiger partial charge in [-0.3, -0.25) is 19.1 Å². The molecule has 3 rings (SSSR count). The number of amides is 1. The summed E-state index contributed by atoms with van der Waals surface area (Å²) in [6.45, 7) is 10.8. The van der Waals surface area contributed by atoms with E-state index in [1.54, 1.807) is 9.47 Å². The fraction of sp³-hybridized carbons (Fsp3) is 0.565. The van der Waals surface area contributed by atoms with Crippen LogP contribution in [-0.2, 0) is 11.3 Å². The molecular formula is C23H30N4O2S2. The molecule has 8 heteroatoms. The Morgan fingerprint density at radius 1 is 1.26 bits per heavy atom. The molecule has 0 aliphatic carbocycles. The fourth-order valence-electron chi connectivity index (χ4n) is 4.13. The number of nitriles is 1. The molecule has 6 nitrogen and oxygen atoms in total. The van der Waals surface area contributed by atoms with Crippen LogP contribution >= 0.6 is 24.0 Å². The van der Waals surface area contributed by atoms with Crippen molar-refractivity contribution in [2.45, 2.75) is 59.9 Å². The van der Waals surface area contributed by atoms with Crippen molar-refractivity contribution in [1.82, 2.24) is 9.47 Å². The molecule has 0 saturated carbocycles. The number of carbonyl (C=O) groups is 1. The standard InChI is InChI=1S/C23H30N4O2S2/c1-5-7-10-27-20(25-11-8-15(3)9-12-25)17(16(4)18(14-24)21(27)28)13-19-22(29)26(6-2)23(30)31-19/h13,15H,5-12H2,1-4H3/b19-13-. The zero-order chi connectivity index (χ0) is 22.7. The molecule has 1 aromatic heterocycles. The van der Waals surface area contributed by atoms with Gasteiger partial charge >= 0.3 is 0 Å². The minimum absolute atomic E-state index is 0.111. The quantitative estimate of drug-likeness (QED) is 0.468. The number of piperidine rings is 1. The first kappa shape index (κ1) is 23.6. The van der Waals surface area contributed by atoms with Gasteiger partial charge in [-0.15, -0.1) is 0 Å². The fourth-order valence-corrected chi connectivity index (χ4v) is 5.50. The first-order valence-corrected chi connectivity index (χ1v) is 12.2.